The van der Waals surface area contributed by atoms with E-state index in [1.54, 1.807) is 0 Å². The van der Waals surface area contributed by atoms with E-state index in [4.69, 9.17) is 0 Å². The quantitative estimate of drug-likeness (QED) is 0.302. The fraction of sp³-hybridized carbons (Fsp3) is 0.692. The summed E-state index contributed by atoms with van der Waals surface area (Å²) < 4.78 is 3.86. The first-order valence-corrected chi connectivity index (χ1v) is 6.47. The average molecular weight is 237 g/mol. The maximum Gasteiger partial charge on any atom is 0.291 e. The highest BCUT2D eigenvalue weighted by atomic mass is 16.3. The number of nitrogens with zero attached hydrogens (tertiary/aromatic N) is 3. The molecule has 0 atom stereocenters. The smallest absolute Gasteiger partial charge is 0.291 e. The minimum Gasteiger partial charge on any atom is -0.853 e. The van der Waals surface area contributed by atoms with Gasteiger partial charge in [0, 0.05) is 6.54 Å². The van der Waals surface area contributed by atoms with Gasteiger partial charge in [-0.15, -0.1) is 0 Å². The third kappa shape index (κ3) is 3.88. The molecule has 0 spiro atoms. The van der Waals surface area contributed by atoms with Gasteiger partial charge < -0.3 is 5.11 Å². The Morgan fingerprint density at radius 2 is 2.06 bits per heavy atom. The predicted octanol–water partition coefficient (Wildman–Crippen LogP) is 1.02. The number of hydrogen-bond donors (Lipinski definition) is 0. The molecule has 1 heterocycles. The molecule has 0 saturated carbocycles. The Hall–Kier alpha value is -1.32. The molecule has 17 heavy (non-hydrogen) atoms. The van der Waals surface area contributed by atoms with Crippen LogP contribution in [0.1, 0.15) is 45.4 Å². The van der Waals surface area contributed by atoms with E-state index in [0.717, 1.165) is 32.2 Å². The van der Waals surface area contributed by atoms with Crippen molar-refractivity contribution in [3.63, 3.8) is 0 Å². The molecule has 0 bridgehead atoms. The summed E-state index contributed by atoms with van der Waals surface area (Å²) in [5.74, 6) is 0.594. The van der Waals surface area contributed by atoms with Gasteiger partial charge in [-0.05, 0) is 12.8 Å². The summed E-state index contributed by atoms with van der Waals surface area (Å²) in [4.78, 5) is 4.11. The molecule has 1 aromatic heterocycles. The van der Waals surface area contributed by atoms with Gasteiger partial charge >= 0.3 is 0 Å². The van der Waals surface area contributed by atoms with Crippen LogP contribution in [0.3, 0.4) is 0 Å². The molecular weight excluding hydrogens is 214 g/mol. The summed E-state index contributed by atoms with van der Waals surface area (Å²) in [6.45, 7) is 5.77. The van der Waals surface area contributed by atoms with Crippen LogP contribution in [0.25, 0.3) is 0 Å². The lowest BCUT2D eigenvalue weighted by atomic mass is 10.3. The standard InChI is InChI=1S/C13H23N3O/c1-4-6-8-14-12(17)13-15(3)10-11-16(13)9-7-5-2/h10-11H,4-9H2,1-3H3. The third-order valence-electron chi connectivity index (χ3n) is 2.79. The van der Waals surface area contributed by atoms with E-state index in [1.165, 1.54) is 0 Å². The lowest BCUT2D eigenvalue weighted by Crippen LogP contribution is -2.40. The maximum absolute atomic E-state index is 12.0. The zero-order chi connectivity index (χ0) is 12.7. The van der Waals surface area contributed by atoms with Gasteiger partial charge in [-0.2, -0.15) is 0 Å². The number of aryl methyl sites for hydroxylation is 2. The molecule has 0 aliphatic carbocycles. The van der Waals surface area contributed by atoms with Crippen molar-refractivity contribution in [2.45, 2.75) is 46.1 Å². The molecular formula is C13H23N3O. The van der Waals surface area contributed by atoms with E-state index in [-0.39, 0.29) is 5.90 Å². The Morgan fingerprint density at radius 1 is 1.35 bits per heavy atom. The Bertz CT molecular complexity index is 369. The average Bonchev–Trinajstić information content (AvgIpc) is 2.68. The predicted molar refractivity (Wildman–Crippen MR) is 66.8 cm³/mol. The Labute approximate surface area is 104 Å². The van der Waals surface area contributed by atoms with Crippen molar-refractivity contribution in [3.8, 4) is 0 Å². The van der Waals surface area contributed by atoms with E-state index >= 15 is 0 Å². The van der Waals surface area contributed by atoms with Crippen molar-refractivity contribution in [3.05, 3.63) is 18.2 Å². The van der Waals surface area contributed by atoms with Gasteiger partial charge in [-0.3, -0.25) is 4.99 Å². The second-order valence-electron chi connectivity index (χ2n) is 4.32. The maximum atomic E-state index is 12.0. The minimum atomic E-state index is -0.0953. The summed E-state index contributed by atoms with van der Waals surface area (Å²) in [5.41, 5.74) is 0. The van der Waals surface area contributed by atoms with Crippen molar-refractivity contribution in [1.29, 1.82) is 0 Å². The van der Waals surface area contributed by atoms with Gasteiger partial charge in [0.2, 0.25) is 0 Å². The molecule has 4 heteroatoms. The zero-order valence-corrected chi connectivity index (χ0v) is 11.1. The lowest BCUT2D eigenvalue weighted by molar-refractivity contribution is -0.674. The van der Waals surface area contributed by atoms with Crippen LogP contribution in [0.15, 0.2) is 17.4 Å². The number of imidazole rings is 1. The van der Waals surface area contributed by atoms with E-state index < -0.39 is 0 Å². The third-order valence-corrected chi connectivity index (χ3v) is 2.79. The summed E-state index contributed by atoms with van der Waals surface area (Å²) >= 11 is 0. The molecule has 0 unspecified atom stereocenters. The largest absolute Gasteiger partial charge is 0.853 e. The number of aliphatic imine (C=N–C) groups is 1. The molecule has 0 amide bonds. The summed E-state index contributed by atoms with van der Waals surface area (Å²) in [7, 11) is 1.89. The first kappa shape index (κ1) is 13.7. The van der Waals surface area contributed by atoms with Crippen LogP contribution in [0, 0.1) is 0 Å². The first-order chi connectivity index (χ1) is 8.20. The molecule has 1 aromatic rings. The fourth-order valence-corrected chi connectivity index (χ4v) is 1.72. The number of unbranched alkanes of at least 4 members (excludes halogenated alkanes) is 2. The van der Waals surface area contributed by atoms with Crippen molar-refractivity contribution in [2.24, 2.45) is 12.0 Å². The highest BCUT2D eigenvalue weighted by Gasteiger charge is 2.13. The molecule has 1 rings (SSSR count). The fourth-order valence-electron chi connectivity index (χ4n) is 1.72. The van der Waals surface area contributed by atoms with Crippen molar-refractivity contribution in [1.82, 2.24) is 4.57 Å². The molecule has 0 saturated heterocycles. The first-order valence-electron chi connectivity index (χ1n) is 6.47. The Balaban J connectivity index is 2.79. The molecule has 0 radical (unpaired) electrons. The minimum absolute atomic E-state index is 0.0953. The van der Waals surface area contributed by atoms with Gasteiger partial charge in [-0.1, -0.05) is 26.7 Å². The molecule has 0 aliphatic heterocycles. The summed E-state index contributed by atoms with van der Waals surface area (Å²) in [6, 6.07) is 0. The highest BCUT2D eigenvalue weighted by Crippen LogP contribution is 2.00. The van der Waals surface area contributed by atoms with Crippen LogP contribution in [-0.4, -0.2) is 17.0 Å². The van der Waals surface area contributed by atoms with Gasteiger partial charge in [0.25, 0.3) is 5.82 Å². The van der Waals surface area contributed by atoms with Crippen molar-refractivity contribution < 1.29 is 9.67 Å². The second kappa shape index (κ2) is 7.09. The molecule has 0 aliphatic rings. The van der Waals surface area contributed by atoms with E-state index in [9.17, 15) is 5.11 Å². The van der Waals surface area contributed by atoms with Crippen LogP contribution >= 0.6 is 0 Å². The SMILES string of the molecule is CCCCN=C([O-])c1n(CCCC)cc[n+]1C. The van der Waals surface area contributed by atoms with Crippen LogP contribution in [-0.2, 0) is 13.6 Å². The Morgan fingerprint density at radius 3 is 2.71 bits per heavy atom. The van der Waals surface area contributed by atoms with Crippen LogP contribution in [0.5, 0.6) is 0 Å². The summed E-state index contributed by atoms with van der Waals surface area (Å²) in [5, 5.41) is 12.0. The van der Waals surface area contributed by atoms with Crippen molar-refractivity contribution in [2.75, 3.05) is 6.54 Å². The molecule has 0 aromatic carbocycles. The Kier molecular flexibility index (Phi) is 5.73. The van der Waals surface area contributed by atoms with Gasteiger partial charge in [0.1, 0.15) is 12.4 Å². The lowest BCUT2D eigenvalue weighted by Gasteiger charge is -2.09. The number of aromatic nitrogens is 2. The summed E-state index contributed by atoms with van der Waals surface area (Å²) in [6.07, 6.45) is 8.13. The zero-order valence-electron chi connectivity index (χ0n) is 11.1. The second-order valence-corrected chi connectivity index (χ2v) is 4.32. The van der Waals surface area contributed by atoms with E-state index in [1.807, 2.05) is 28.6 Å². The van der Waals surface area contributed by atoms with Crippen molar-refractivity contribution >= 4 is 5.90 Å². The molecule has 96 valence electrons. The normalized spacial score (nSPS) is 12.1. The topological polar surface area (TPSA) is 44.2 Å². The van der Waals surface area contributed by atoms with Gasteiger partial charge in [0.15, 0.2) is 0 Å². The molecule has 0 fully saturated rings. The van der Waals surface area contributed by atoms with Gasteiger partial charge in [-0.25, -0.2) is 9.13 Å². The molecule has 0 N–H and O–H groups in total. The highest BCUT2D eigenvalue weighted by molar-refractivity contribution is 5.85. The van der Waals surface area contributed by atoms with E-state index in [2.05, 4.69) is 18.8 Å². The van der Waals surface area contributed by atoms with Gasteiger partial charge in [0.05, 0.1) is 19.5 Å². The van der Waals surface area contributed by atoms with Crippen LogP contribution in [0.4, 0.5) is 0 Å². The monoisotopic (exact) mass is 237 g/mol. The van der Waals surface area contributed by atoms with E-state index in [0.29, 0.717) is 12.4 Å². The number of rotatable bonds is 7. The molecule has 4 nitrogen and oxygen atoms in total. The number of hydrogen-bond acceptors (Lipinski definition) is 2. The van der Waals surface area contributed by atoms with Crippen LogP contribution < -0.4 is 9.67 Å². The van der Waals surface area contributed by atoms with Crippen LogP contribution in [0.2, 0.25) is 0 Å².